The highest BCUT2D eigenvalue weighted by molar-refractivity contribution is 5.82. The van der Waals surface area contributed by atoms with E-state index in [2.05, 4.69) is 23.0 Å². The van der Waals surface area contributed by atoms with Gasteiger partial charge in [-0.05, 0) is 43.8 Å². The summed E-state index contributed by atoms with van der Waals surface area (Å²) in [4.78, 5) is 17.0. The number of likely N-dealkylation sites (N-methyl/N-ethyl adjacent to an activating group) is 1. The van der Waals surface area contributed by atoms with E-state index in [1.807, 2.05) is 48.2 Å². The summed E-state index contributed by atoms with van der Waals surface area (Å²) < 4.78 is 13.5. The zero-order valence-corrected chi connectivity index (χ0v) is 15.9. The Labute approximate surface area is 160 Å². The monoisotopic (exact) mass is 370 g/mol. The molecule has 2 aromatic rings. The molecule has 2 unspecified atom stereocenters. The Kier molecular flexibility index (Phi) is 6.55. The van der Waals surface area contributed by atoms with Gasteiger partial charge in [-0.3, -0.25) is 4.79 Å². The minimum absolute atomic E-state index is 0.0343. The van der Waals surface area contributed by atoms with E-state index < -0.39 is 0 Å². The van der Waals surface area contributed by atoms with Crippen LogP contribution in [0.1, 0.15) is 23.6 Å². The van der Waals surface area contributed by atoms with E-state index in [1.165, 1.54) is 12.1 Å². The average molecular weight is 370 g/mol. The molecule has 1 amide bonds. The summed E-state index contributed by atoms with van der Waals surface area (Å²) in [6.07, 6.45) is 0.685. The fourth-order valence-electron chi connectivity index (χ4n) is 3.29. The zero-order valence-electron chi connectivity index (χ0n) is 15.9. The largest absolute Gasteiger partial charge is 0.336 e. The third-order valence-electron chi connectivity index (χ3n) is 4.79. The van der Waals surface area contributed by atoms with Gasteiger partial charge in [-0.15, -0.1) is 0 Å². The third-order valence-corrected chi connectivity index (χ3v) is 4.79. The van der Waals surface area contributed by atoms with Crippen LogP contribution in [-0.2, 0) is 11.3 Å². The van der Waals surface area contributed by atoms with Crippen LogP contribution >= 0.6 is 0 Å². The van der Waals surface area contributed by atoms with Gasteiger partial charge in [0, 0.05) is 25.7 Å². The smallest absolute Gasteiger partial charge is 0.241 e. The van der Waals surface area contributed by atoms with Gasteiger partial charge in [0.25, 0.3) is 0 Å². The quantitative estimate of drug-likeness (QED) is 0.785. The molecule has 1 heterocycles. The van der Waals surface area contributed by atoms with Crippen LogP contribution in [0.4, 0.5) is 4.39 Å². The molecule has 0 aliphatic carbocycles. The lowest BCUT2D eigenvalue weighted by Crippen LogP contribution is -2.47. The predicted octanol–water partition coefficient (Wildman–Crippen LogP) is 2.32. The first-order valence-corrected chi connectivity index (χ1v) is 9.27. The van der Waals surface area contributed by atoms with Gasteiger partial charge >= 0.3 is 0 Å². The van der Waals surface area contributed by atoms with Crippen molar-refractivity contribution in [3.8, 4) is 0 Å². The van der Waals surface area contributed by atoms with Crippen LogP contribution in [0.15, 0.2) is 54.6 Å². The highest BCUT2D eigenvalue weighted by atomic mass is 19.1. The SMILES string of the molecule is CN(C)CCN(Cc1cccc(F)c1)C(=O)C1CC(c2ccccc2)NN1. The number of nitrogens with zero attached hydrogens (tertiary/aromatic N) is 2. The van der Waals surface area contributed by atoms with Crippen molar-refractivity contribution in [2.45, 2.75) is 25.0 Å². The molecule has 0 spiro atoms. The molecule has 0 aromatic heterocycles. The van der Waals surface area contributed by atoms with Gasteiger partial charge in [-0.25, -0.2) is 15.2 Å². The van der Waals surface area contributed by atoms with Crippen molar-refractivity contribution in [2.75, 3.05) is 27.2 Å². The van der Waals surface area contributed by atoms with Crippen LogP contribution in [0.2, 0.25) is 0 Å². The van der Waals surface area contributed by atoms with Crippen LogP contribution in [0.3, 0.4) is 0 Å². The van der Waals surface area contributed by atoms with Gasteiger partial charge in [-0.1, -0.05) is 42.5 Å². The van der Waals surface area contributed by atoms with Gasteiger partial charge in [0.2, 0.25) is 5.91 Å². The number of hydrogen-bond donors (Lipinski definition) is 2. The molecule has 27 heavy (non-hydrogen) atoms. The lowest BCUT2D eigenvalue weighted by atomic mass is 10.0. The van der Waals surface area contributed by atoms with E-state index in [0.29, 0.717) is 19.5 Å². The summed E-state index contributed by atoms with van der Waals surface area (Å²) in [6, 6.07) is 16.3. The number of hydrazine groups is 1. The first-order chi connectivity index (χ1) is 13.0. The van der Waals surface area contributed by atoms with Crippen molar-refractivity contribution in [3.05, 3.63) is 71.5 Å². The van der Waals surface area contributed by atoms with Gasteiger partial charge < -0.3 is 9.80 Å². The summed E-state index contributed by atoms with van der Waals surface area (Å²) in [5.41, 5.74) is 8.33. The van der Waals surface area contributed by atoms with Gasteiger partial charge in [0.15, 0.2) is 0 Å². The van der Waals surface area contributed by atoms with Crippen LogP contribution in [-0.4, -0.2) is 48.9 Å². The van der Waals surface area contributed by atoms with Crippen molar-refractivity contribution in [1.82, 2.24) is 20.7 Å². The molecule has 0 radical (unpaired) electrons. The van der Waals surface area contributed by atoms with Crippen LogP contribution in [0, 0.1) is 5.82 Å². The molecule has 0 saturated carbocycles. The van der Waals surface area contributed by atoms with E-state index in [-0.39, 0.29) is 23.8 Å². The fraction of sp³-hybridized carbons (Fsp3) is 0.381. The van der Waals surface area contributed by atoms with Crippen molar-refractivity contribution >= 4 is 5.91 Å². The van der Waals surface area contributed by atoms with Crippen molar-refractivity contribution in [3.63, 3.8) is 0 Å². The Balaban J connectivity index is 1.68. The number of nitrogens with one attached hydrogen (secondary N) is 2. The second-order valence-corrected chi connectivity index (χ2v) is 7.23. The molecule has 3 rings (SSSR count). The maximum absolute atomic E-state index is 13.5. The third kappa shape index (κ3) is 5.35. The summed E-state index contributed by atoms with van der Waals surface area (Å²) in [6.45, 7) is 1.75. The number of rotatable bonds is 7. The van der Waals surface area contributed by atoms with Crippen molar-refractivity contribution in [2.24, 2.45) is 0 Å². The lowest BCUT2D eigenvalue weighted by molar-refractivity contribution is -0.134. The van der Waals surface area contributed by atoms with Crippen LogP contribution < -0.4 is 10.9 Å². The first kappa shape index (κ1) is 19.5. The van der Waals surface area contributed by atoms with E-state index in [9.17, 15) is 9.18 Å². The molecule has 5 nitrogen and oxygen atoms in total. The molecule has 1 aliphatic heterocycles. The van der Waals surface area contributed by atoms with E-state index in [0.717, 1.165) is 17.7 Å². The number of amides is 1. The molecule has 1 fully saturated rings. The maximum atomic E-state index is 13.5. The molecule has 0 bridgehead atoms. The zero-order chi connectivity index (χ0) is 19.2. The summed E-state index contributed by atoms with van der Waals surface area (Å²) in [5, 5.41) is 0. The molecule has 2 N–H and O–H groups in total. The van der Waals surface area contributed by atoms with Crippen LogP contribution in [0.5, 0.6) is 0 Å². The summed E-state index contributed by atoms with van der Waals surface area (Å²) in [5.74, 6) is -0.246. The van der Waals surface area contributed by atoms with Crippen LogP contribution in [0.25, 0.3) is 0 Å². The lowest BCUT2D eigenvalue weighted by Gasteiger charge is -2.27. The highest BCUT2D eigenvalue weighted by Crippen LogP contribution is 2.23. The Bertz CT molecular complexity index is 753. The molecule has 144 valence electrons. The number of carbonyl (C=O) groups is 1. The molecule has 1 aliphatic rings. The molecule has 1 saturated heterocycles. The van der Waals surface area contributed by atoms with Gasteiger partial charge in [0.05, 0.1) is 0 Å². The van der Waals surface area contributed by atoms with Gasteiger partial charge in [-0.2, -0.15) is 0 Å². The normalized spacial score (nSPS) is 19.4. The molecular formula is C21H27FN4O. The summed E-state index contributed by atoms with van der Waals surface area (Å²) >= 11 is 0. The standard InChI is InChI=1S/C21H27FN4O/c1-25(2)11-12-26(15-16-7-6-10-18(22)13-16)21(27)20-14-19(23-24-20)17-8-4-3-5-9-17/h3-10,13,19-20,23-24H,11-12,14-15H2,1-2H3. The maximum Gasteiger partial charge on any atom is 0.241 e. The Morgan fingerprint density at radius 3 is 2.56 bits per heavy atom. The number of halogens is 1. The van der Waals surface area contributed by atoms with Gasteiger partial charge in [0.1, 0.15) is 11.9 Å². The predicted molar refractivity (Wildman–Crippen MR) is 104 cm³/mol. The second kappa shape index (κ2) is 9.08. The average Bonchev–Trinajstić information content (AvgIpc) is 3.15. The first-order valence-electron chi connectivity index (χ1n) is 9.27. The topological polar surface area (TPSA) is 47.6 Å². The Morgan fingerprint density at radius 2 is 1.85 bits per heavy atom. The number of hydrogen-bond acceptors (Lipinski definition) is 4. The minimum atomic E-state index is -0.300. The molecule has 2 aromatic carbocycles. The Morgan fingerprint density at radius 1 is 1.07 bits per heavy atom. The van der Waals surface area contributed by atoms with E-state index in [4.69, 9.17) is 0 Å². The number of carbonyl (C=O) groups excluding carboxylic acids is 1. The second-order valence-electron chi connectivity index (χ2n) is 7.23. The number of benzene rings is 2. The fourth-order valence-corrected chi connectivity index (χ4v) is 3.29. The Hall–Kier alpha value is -2.28. The minimum Gasteiger partial charge on any atom is -0.336 e. The summed E-state index contributed by atoms with van der Waals surface area (Å²) in [7, 11) is 3.96. The van der Waals surface area contributed by atoms with Crippen molar-refractivity contribution in [1.29, 1.82) is 0 Å². The van der Waals surface area contributed by atoms with Crippen molar-refractivity contribution < 1.29 is 9.18 Å². The molecular weight excluding hydrogens is 343 g/mol. The molecule has 6 heteroatoms. The highest BCUT2D eigenvalue weighted by Gasteiger charge is 2.32. The van der Waals surface area contributed by atoms with E-state index in [1.54, 1.807) is 6.07 Å². The molecule has 2 atom stereocenters. The van der Waals surface area contributed by atoms with E-state index >= 15 is 0 Å².